The van der Waals surface area contributed by atoms with Crippen molar-refractivity contribution in [1.29, 1.82) is 0 Å². The first kappa shape index (κ1) is 15.7. The fraction of sp³-hybridized carbons (Fsp3) is 0.533. The van der Waals surface area contributed by atoms with Crippen LogP contribution in [0.2, 0.25) is 0 Å². The smallest absolute Gasteiger partial charge is 0.223 e. The Morgan fingerprint density at radius 3 is 2.53 bits per heavy atom. The molecule has 1 rings (SSSR count). The summed E-state index contributed by atoms with van der Waals surface area (Å²) >= 11 is 0. The minimum Gasteiger partial charge on any atom is -0.396 e. The Morgan fingerprint density at radius 2 is 2.00 bits per heavy atom. The van der Waals surface area contributed by atoms with Crippen molar-refractivity contribution in [2.24, 2.45) is 0 Å². The zero-order chi connectivity index (χ0) is 14.3. The predicted octanol–water partition coefficient (Wildman–Crippen LogP) is 1.56. The minimum absolute atomic E-state index is 0.0128. The van der Waals surface area contributed by atoms with Crippen LogP contribution in [-0.2, 0) is 10.4 Å². The van der Waals surface area contributed by atoms with Crippen molar-refractivity contribution < 1.29 is 15.0 Å². The molecule has 1 amide bonds. The van der Waals surface area contributed by atoms with E-state index in [9.17, 15) is 9.90 Å². The summed E-state index contributed by atoms with van der Waals surface area (Å²) in [6, 6.07) is 9.11. The SMILES string of the molecule is CCC(CCO)NC(=O)CC(C)(O)c1ccccc1. The third-order valence-electron chi connectivity index (χ3n) is 3.24. The van der Waals surface area contributed by atoms with E-state index in [-0.39, 0.29) is 25.0 Å². The molecule has 19 heavy (non-hydrogen) atoms. The highest BCUT2D eigenvalue weighted by Crippen LogP contribution is 2.24. The van der Waals surface area contributed by atoms with E-state index < -0.39 is 5.60 Å². The fourth-order valence-corrected chi connectivity index (χ4v) is 2.02. The Labute approximate surface area is 114 Å². The van der Waals surface area contributed by atoms with Gasteiger partial charge in [0.15, 0.2) is 0 Å². The number of aliphatic hydroxyl groups excluding tert-OH is 1. The monoisotopic (exact) mass is 265 g/mol. The lowest BCUT2D eigenvalue weighted by molar-refractivity contribution is -0.126. The Hall–Kier alpha value is -1.39. The molecule has 2 atom stereocenters. The molecule has 0 spiro atoms. The molecule has 0 fully saturated rings. The van der Waals surface area contributed by atoms with E-state index >= 15 is 0 Å². The maximum atomic E-state index is 11.9. The molecule has 0 radical (unpaired) electrons. The van der Waals surface area contributed by atoms with Crippen LogP contribution in [0.4, 0.5) is 0 Å². The second-order valence-corrected chi connectivity index (χ2v) is 5.00. The summed E-state index contributed by atoms with van der Waals surface area (Å²) in [6.45, 7) is 3.64. The highest BCUT2D eigenvalue weighted by Gasteiger charge is 2.27. The number of hydrogen-bond donors (Lipinski definition) is 3. The van der Waals surface area contributed by atoms with Gasteiger partial charge in [-0.05, 0) is 25.3 Å². The molecule has 0 saturated heterocycles. The molecule has 1 aromatic rings. The summed E-state index contributed by atoms with van der Waals surface area (Å²) in [4.78, 5) is 11.9. The maximum Gasteiger partial charge on any atom is 0.223 e. The fourth-order valence-electron chi connectivity index (χ4n) is 2.02. The zero-order valence-corrected chi connectivity index (χ0v) is 11.6. The van der Waals surface area contributed by atoms with Crippen LogP contribution in [0, 0.1) is 0 Å². The van der Waals surface area contributed by atoms with Gasteiger partial charge >= 0.3 is 0 Å². The first-order valence-electron chi connectivity index (χ1n) is 6.67. The van der Waals surface area contributed by atoms with Crippen LogP contribution >= 0.6 is 0 Å². The normalized spacial score (nSPS) is 15.6. The first-order valence-corrected chi connectivity index (χ1v) is 6.67. The van der Waals surface area contributed by atoms with E-state index in [0.717, 1.165) is 12.0 Å². The largest absolute Gasteiger partial charge is 0.396 e. The molecular formula is C15H23NO3. The second-order valence-electron chi connectivity index (χ2n) is 5.00. The van der Waals surface area contributed by atoms with Crippen LogP contribution in [0.15, 0.2) is 30.3 Å². The third-order valence-corrected chi connectivity index (χ3v) is 3.24. The molecule has 4 heteroatoms. The zero-order valence-electron chi connectivity index (χ0n) is 11.6. The van der Waals surface area contributed by atoms with E-state index in [2.05, 4.69) is 5.32 Å². The topological polar surface area (TPSA) is 69.6 Å². The molecule has 1 aromatic carbocycles. The number of aliphatic hydroxyl groups is 2. The first-order chi connectivity index (χ1) is 8.99. The Morgan fingerprint density at radius 1 is 1.37 bits per heavy atom. The summed E-state index contributed by atoms with van der Waals surface area (Å²) in [5.41, 5.74) is -0.455. The quantitative estimate of drug-likeness (QED) is 0.701. The number of carbonyl (C=O) groups is 1. The molecule has 106 valence electrons. The Kier molecular flexibility index (Phi) is 5.99. The number of carbonyl (C=O) groups excluding carboxylic acids is 1. The average molecular weight is 265 g/mol. The Bertz CT molecular complexity index is 390. The van der Waals surface area contributed by atoms with Crippen molar-refractivity contribution in [3.63, 3.8) is 0 Å². The lowest BCUT2D eigenvalue weighted by atomic mass is 9.92. The van der Waals surface area contributed by atoms with Gasteiger partial charge in [0.25, 0.3) is 0 Å². The van der Waals surface area contributed by atoms with Crippen molar-refractivity contribution >= 4 is 5.91 Å². The van der Waals surface area contributed by atoms with Gasteiger partial charge in [-0.1, -0.05) is 37.3 Å². The van der Waals surface area contributed by atoms with Crippen LogP contribution in [0.25, 0.3) is 0 Å². The van der Waals surface area contributed by atoms with Crippen molar-refractivity contribution in [3.05, 3.63) is 35.9 Å². The number of amides is 1. The molecular weight excluding hydrogens is 242 g/mol. The van der Waals surface area contributed by atoms with Gasteiger partial charge in [-0.3, -0.25) is 4.79 Å². The minimum atomic E-state index is -1.18. The number of benzene rings is 1. The van der Waals surface area contributed by atoms with Gasteiger partial charge in [0.05, 0.1) is 12.0 Å². The molecule has 0 saturated carbocycles. The molecule has 0 aliphatic carbocycles. The predicted molar refractivity (Wildman–Crippen MR) is 74.6 cm³/mol. The molecule has 0 aromatic heterocycles. The number of hydrogen-bond acceptors (Lipinski definition) is 3. The van der Waals surface area contributed by atoms with Crippen molar-refractivity contribution in [2.75, 3.05) is 6.61 Å². The van der Waals surface area contributed by atoms with Crippen molar-refractivity contribution in [3.8, 4) is 0 Å². The molecule has 0 heterocycles. The molecule has 2 unspecified atom stereocenters. The van der Waals surface area contributed by atoms with Crippen LogP contribution in [-0.4, -0.2) is 28.8 Å². The van der Waals surface area contributed by atoms with Crippen LogP contribution in [0.5, 0.6) is 0 Å². The highest BCUT2D eigenvalue weighted by atomic mass is 16.3. The Balaban J connectivity index is 2.60. The van der Waals surface area contributed by atoms with Crippen molar-refractivity contribution in [2.45, 2.75) is 44.8 Å². The number of nitrogens with one attached hydrogen (secondary N) is 1. The summed E-state index contributed by atoms with van der Waals surface area (Å²) < 4.78 is 0. The van der Waals surface area contributed by atoms with E-state index in [1.54, 1.807) is 19.1 Å². The lowest BCUT2D eigenvalue weighted by Crippen LogP contribution is -2.39. The maximum absolute atomic E-state index is 11.9. The van der Waals surface area contributed by atoms with E-state index in [0.29, 0.717) is 6.42 Å². The highest BCUT2D eigenvalue weighted by molar-refractivity contribution is 5.77. The molecule has 0 bridgehead atoms. The van der Waals surface area contributed by atoms with Gasteiger partial charge in [0, 0.05) is 12.6 Å². The van der Waals surface area contributed by atoms with Gasteiger partial charge in [0.2, 0.25) is 5.91 Å². The molecule has 0 aliphatic rings. The number of rotatable bonds is 7. The van der Waals surface area contributed by atoms with E-state index in [1.165, 1.54) is 0 Å². The standard InChI is InChI=1S/C15H23NO3/c1-3-13(9-10-17)16-14(18)11-15(2,19)12-7-5-4-6-8-12/h4-8,13,17,19H,3,9-11H2,1-2H3,(H,16,18). The molecule has 3 N–H and O–H groups in total. The van der Waals surface area contributed by atoms with E-state index in [1.807, 2.05) is 25.1 Å². The third kappa shape index (κ3) is 5.01. The average Bonchev–Trinajstić information content (AvgIpc) is 2.38. The van der Waals surface area contributed by atoms with Gasteiger partial charge in [-0.15, -0.1) is 0 Å². The van der Waals surface area contributed by atoms with E-state index in [4.69, 9.17) is 5.11 Å². The van der Waals surface area contributed by atoms with Crippen molar-refractivity contribution in [1.82, 2.24) is 5.32 Å². The van der Waals surface area contributed by atoms with Gasteiger partial charge in [-0.25, -0.2) is 0 Å². The summed E-state index contributed by atoms with van der Waals surface area (Å²) in [5, 5.41) is 22.1. The lowest BCUT2D eigenvalue weighted by Gasteiger charge is -2.25. The van der Waals surface area contributed by atoms with Gasteiger partial charge in [-0.2, -0.15) is 0 Å². The molecule has 0 aliphatic heterocycles. The summed E-state index contributed by atoms with van der Waals surface area (Å²) in [6.07, 6.45) is 1.31. The van der Waals surface area contributed by atoms with Crippen LogP contribution in [0.1, 0.15) is 38.7 Å². The summed E-state index contributed by atoms with van der Waals surface area (Å²) in [7, 11) is 0. The van der Waals surface area contributed by atoms with Gasteiger partial charge < -0.3 is 15.5 Å². The molecule has 4 nitrogen and oxygen atoms in total. The summed E-state index contributed by atoms with van der Waals surface area (Å²) in [5.74, 6) is -0.200. The van der Waals surface area contributed by atoms with Gasteiger partial charge in [0.1, 0.15) is 0 Å². The van der Waals surface area contributed by atoms with Crippen LogP contribution < -0.4 is 5.32 Å². The van der Waals surface area contributed by atoms with Crippen LogP contribution in [0.3, 0.4) is 0 Å². The second kappa shape index (κ2) is 7.26.